The molecule has 0 aliphatic heterocycles. The third-order valence-electron chi connectivity index (χ3n) is 5.28. The van der Waals surface area contributed by atoms with Crippen molar-refractivity contribution in [2.75, 3.05) is 12.3 Å². The van der Waals surface area contributed by atoms with Crippen LogP contribution in [-0.4, -0.2) is 35.9 Å². The number of rotatable bonds is 16. The molecule has 33 heavy (non-hydrogen) atoms. The van der Waals surface area contributed by atoms with E-state index in [0.717, 1.165) is 30.6 Å². The molecule has 180 valence electrons. The van der Waals surface area contributed by atoms with Crippen molar-refractivity contribution in [2.45, 2.75) is 70.6 Å². The number of unbranched alkanes of at least 4 members (excludes halogenated alkanes) is 2. The van der Waals surface area contributed by atoms with Gasteiger partial charge in [-0.3, -0.25) is 14.4 Å². The zero-order chi connectivity index (χ0) is 23.9. The van der Waals surface area contributed by atoms with Gasteiger partial charge in [0.15, 0.2) is 5.78 Å². The van der Waals surface area contributed by atoms with Crippen molar-refractivity contribution in [1.82, 2.24) is 10.6 Å². The number of benzene rings is 1. The van der Waals surface area contributed by atoms with Crippen molar-refractivity contribution < 1.29 is 18.8 Å². The highest BCUT2D eigenvalue weighted by atomic mass is 32.2. The fraction of sp³-hybridized carbons (Fsp3) is 0.500. The van der Waals surface area contributed by atoms with Crippen LogP contribution in [-0.2, 0) is 26.6 Å². The molecule has 2 rings (SSSR count). The predicted octanol–water partition coefficient (Wildman–Crippen LogP) is 4.59. The second-order valence-corrected chi connectivity index (χ2v) is 9.26. The molecule has 0 saturated carbocycles. The maximum absolute atomic E-state index is 12.6. The van der Waals surface area contributed by atoms with Crippen LogP contribution in [0.2, 0.25) is 0 Å². The van der Waals surface area contributed by atoms with Gasteiger partial charge in [0, 0.05) is 13.0 Å². The number of nitrogens with one attached hydrogen (secondary N) is 2. The maximum Gasteiger partial charge on any atom is 0.224 e. The van der Waals surface area contributed by atoms with Crippen LogP contribution < -0.4 is 10.6 Å². The Bertz CT molecular complexity index is 850. The number of furan rings is 1. The van der Waals surface area contributed by atoms with Gasteiger partial charge in [0.25, 0.3) is 0 Å². The summed E-state index contributed by atoms with van der Waals surface area (Å²) in [6.07, 6.45) is 6.25. The van der Waals surface area contributed by atoms with Gasteiger partial charge in [-0.1, -0.05) is 49.6 Å². The predicted molar refractivity (Wildman–Crippen MR) is 133 cm³/mol. The first-order chi connectivity index (χ1) is 16.0. The van der Waals surface area contributed by atoms with E-state index in [9.17, 15) is 14.4 Å². The van der Waals surface area contributed by atoms with Gasteiger partial charge < -0.3 is 15.1 Å². The van der Waals surface area contributed by atoms with Crippen LogP contribution in [0.5, 0.6) is 0 Å². The third kappa shape index (κ3) is 11.2. The van der Waals surface area contributed by atoms with Crippen LogP contribution in [0.4, 0.5) is 0 Å². The molecule has 0 aliphatic rings. The lowest BCUT2D eigenvalue weighted by atomic mass is 10.1. The molecule has 1 aromatic carbocycles. The van der Waals surface area contributed by atoms with E-state index < -0.39 is 6.04 Å². The SMILES string of the molecule is CCCC[C@H](NC(=O)CCCCNC(=O)Cc1ccc(C)cc1)C(=O)CSCc1ccco1. The molecule has 0 aliphatic carbocycles. The largest absolute Gasteiger partial charge is 0.468 e. The summed E-state index contributed by atoms with van der Waals surface area (Å²) in [5.74, 6) is 1.77. The molecule has 2 N–H and O–H groups in total. The first-order valence-electron chi connectivity index (χ1n) is 11.7. The van der Waals surface area contributed by atoms with E-state index in [1.807, 2.05) is 43.3 Å². The minimum Gasteiger partial charge on any atom is -0.468 e. The highest BCUT2D eigenvalue weighted by Gasteiger charge is 2.20. The average Bonchev–Trinajstić information content (AvgIpc) is 3.31. The van der Waals surface area contributed by atoms with Crippen molar-refractivity contribution in [3.63, 3.8) is 0 Å². The monoisotopic (exact) mass is 472 g/mol. The molecule has 2 aromatic rings. The number of hydrogen-bond acceptors (Lipinski definition) is 5. The molecule has 1 aromatic heterocycles. The van der Waals surface area contributed by atoms with E-state index in [4.69, 9.17) is 4.42 Å². The van der Waals surface area contributed by atoms with E-state index >= 15 is 0 Å². The standard InChI is InChI=1S/C26H36N2O4S/c1-3-4-9-23(24(29)19-33-18-22-8-7-16-32-22)28-25(30)10-5-6-15-27-26(31)17-21-13-11-20(2)12-14-21/h7-8,11-14,16,23H,3-6,9-10,15,17-19H2,1-2H3,(H,27,31)(H,28,30)/t23-/m0/s1. The van der Waals surface area contributed by atoms with Gasteiger partial charge in [0.2, 0.25) is 11.8 Å². The molecule has 0 bridgehead atoms. The van der Waals surface area contributed by atoms with Gasteiger partial charge in [0.05, 0.1) is 30.2 Å². The van der Waals surface area contributed by atoms with Crippen LogP contribution in [0.3, 0.4) is 0 Å². The number of carbonyl (C=O) groups excluding carboxylic acids is 3. The minimum absolute atomic E-state index is 0.0134. The van der Waals surface area contributed by atoms with Gasteiger partial charge in [-0.05, 0) is 43.9 Å². The minimum atomic E-state index is -0.434. The zero-order valence-electron chi connectivity index (χ0n) is 19.7. The van der Waals surface area contributed by atoms with Gasteiger partial charge in [-0.15, -0.1) is 11.8 Å². The van der Waals surface area contributed by atoms with Crippen LogP contribution in [0.1, 0.15) is 62.3 Å². The fourth-order valence-electron chi connectivity index (χ4n) is 3.33. The lowest BCUT2D eigenvalue weighted by Crippen LogP contribution is -2.41. The third-order valence-corrected chi connectivity index (χ3v) is 6.25. The molecule has 2 amide bonds. The smallest absolute Gasteiger partial charge is 0.224 e. The fourth-order valence-corrected chi connectivity index (χ4v) is 4.20. The number of amides is 2. The Morgan fingerprint density at radius 1 is 1.03 bits per heavy atom. The summed E-state index contributed by atoms with van der Waals surface area (Å²) in [4.78, 5) is 37.0. The molecule has 1 heterocycles. The van der Waals surface area contributed by atoms with E-state index in [0.29, 0.717) is 43.7 Å². The number of thioether (sulfide) groups is 1. The lowest BCUT2D eigenvalue weighted by molar-refractivity contribution is -0.126. The lowest BCUT2D eigenvalue weighted by Gasteiger charge is -2.17. The molecule has 0 spiro atoms. The zero-order valence-corrected chi connectivity index (χ0v) is 20.5. The number of aryl methyl sites for hydroxylation is 1. The van der Waals surface area contributed by atoms with E-state index in [-0.39, 0.29) is 17.6 Å². The molecule has 0 saturated heterocycles. The molecule has 1 atom stereocenters. The Kier molecular flexibility index (Phi) is 12.4. The van der Waals surface area contributed by atoms with Crippen LogP contribution in [0, 0.1) is 6.92 Å². The maximum atomic E-state index is 12.6. The van der Waals surface area contributed by atoms with Crippen LogP contribution in [0.15, 0.2) is 47.1 Å². The van der Waals surface area contributed by atoms with E-state index in [1.165, 1.54) is 17.3 Å². The summed E-state index contributed by atoms with van der Waals surface area (Å²) in [5.41, 5.74) is 2.16. The Morgan fingerprint density at radius 3 is 2.52 bits per heavy atom. The molecule has 6 nitrogen and oxygen atoms in total. The van der Waals surface area contributed by atoms with E-state index in [1.54, 1.807) is 6.26 Å². The summed E-state index contributed by atoms with van der Waals surface area (Å²) in [5, 5.41) is 5.83. The second-order valence-electron chi connectivity index (χ2n) is 8.27. The highest BCUT2D eigenvalue weighted by Crippen LogP contribution is 2.14. The topological polar surface area (TPSA) is 88.4 Å². The van der Waals surface area contributed by atoms with Crippen LogP contribution in [0.25, 0.3) is 0 Å². The normalized spacial score (nSPS) is 11.7. The Hall–Kier alpha value is -2.54. The summed E-state index contributed by atoms with van der Waals surface area (Å²) in [6, 6.07) is 11.2. The van der Waals surface area contributed by atoms with Crippen molar-refractivity contribution in [1.29, 1.82) is 0 Å². The quantitative estimate of drug-likeness (QED) is 0.349. The highest BCUT2D eigenvalue weighted by molar-refractivity contribution is 7.99. The van der Waals surface area contributed by atoms with Gasteiger partial charge in [-0.2, -0.15) is 0 Å². The van der Waals surface area contributed by atoms with Gasteiger partial charge >= 0.3 is 0 Å². The first-order valence-corrected chi connectivity index (χ1v) is 12.9. The van der Waals surface area contributed by atoms with Crippen LogP contribution >= 0.6 is 11.8 Å². The summed E-state index contributed by atoms with van der Waals surface area (Å²) in [6.45, 7) is 4.63. The van der Waals surface area contributed by atoms with Crippen molar-refractivity contribution in [2.24, 2.45) is 0 Å². The van der Waals surface area contributed by atoms with E-state index in [2.05, 4.69) is 17.6 Å². The summed E-state index contributed by atoms with van der Waals surface area (Å²) in [7, 11) is 0. The number of ketones is 1. The molecule has 0 unspecified atom stereocenters. The van der Waals surface area contributed by atoms with Crippen molar-refractivity contribution >= 4 is 29.4 Å². The molecule has 0 radical (unpaired) electrons. The van der Waals surface area contributed by atoms with Gasteiger partial charge in [0.1, 0.15) is 5.76 Å². The Balaban J connectivity index is 1.62. The van der Waals surface area contributed by atoms with Gasteiger partial charge in [-0.25, -0.2) is 0 Å². The second kappa shape index (κ2) is 15.3. The molecule has 7 heteroatoms. The number of Topliss-reactive ketones (excluding diaryl/α,β-unsaturated/α-hetero) is 1. The molecular weight excluding hydrogens is 436 g/mol. The summed E-state index contributed by atoms with van der Waals surface area (Å²) < 4.78 is 5.29. The van der Waals surface area contributed by atoms with Crippen molar-refractivity contribution in [3.8, 4) is 0 Å². The van der Waals surface area contributed by atoms with Crippen molar-refractivity contribution in [3.05, 3.63) is 59.5 Å². The average molecular weight is 473 g/mol. The first kappa shape index (κ1) is 26.7. The molecule has 0 fully saturated rings. The summed E-state index contributed by atoms with van der Waals surface area (Å²) >= 11 is 1.50. The Labute approximate surface area is 201 Å². The molecular formula is C26H36N2O4S. The number of carbonyl (C=O) groups is 3. The number of hydrogen-bond donors (Lipinski definition) is 2. The Morgan fingerprint density at radius 2 is 1.82 bits per heavy atom.